The van der Waals surface area contributed by atoms with Crippen molar-refractivity contribution in [3.63, 3.8) is 0 Å². The Kier molecular flexibility index (Phi) is 6.95. The molecule has 4 aliphatic carbocycles. The van der Waals surface area contributed by atoms with Crippen molar-refractivity contribution in [1.82, 2.24) is 10.3 Å². The first kappa shape index (κ1) is 25.4. The number of phenols is 1. The fraction of sp³-hybridized carbons (Fsp3) is 0.531. The highest BCUT2D eigenvalue weighted by molar-refractivity contribution is 5.87. The Labute approximate surface area is 224 Å². The van der Waals surface area contributed by atoms with Gasteiger partial charge >= 0.3 is 0 Å². The summed E-state index contributed by atoms with van der Waals surface area (Å²) in [4.78, 5) is 14.3. The topological polar surface area (TPSA) is 94.6 Å². The molecule has 0 spiro atoms. The molecule has 4 saturated carbocycles. The Balaban J connectivity index is 1.01. The van der Waals surface area contributed by atoms with Crippen LogP contribution in [-0.2, 0) is 6.42 Å². The first-order chi connectivity index (χ1) is 18.4. The van der Waals surface area contributed by atoms with Gasteiger partial charge in [-0.15, -0.1) is 0 Å². The minimum atomic E-state index is -0.772. The molecule has 0 amide bonds. The summed E-state index contributed by atoms with van der Waals surface area (Å²) in [7, 11) is 0. The molecule has 38 heavy (non-hydrogen) atoms. The molecule has 7 rings (SSSR count). The molecule has 0 saturated heterocycles. The lowest BCUT2D eigenvalue weighted by Crippen LogP contribution is -2.46. The highest BCUT2D eigenvalue weighted by Gasteiger charge is 2.50. The summed E-state index contributed by atoms with van der Waals surface area (Å²) in [6, 6.07) is 14.8. The number of nitrogens with one attached hydrogen (secondary N) is 2. The molecule has 0 radical (unpaired) electrons. The maximum Gasteiger partial charge on any atom is 0.248 e. The fourth-order valence-electron chi connectivity index (χ4n) is 8.14. The maximum atomic E-state index is 11.7. The van der Waals surface area contributed by atoms with Gasteiger partial charge in [0.1, 0.15) is 11.5 Å². The molecule has 6 heteroatoms. The summed E-state index contributed by atoms with van der Waals surface area (Å²) in [5.41, 5.74) is 2.49. The molecule has 0 aliphatic heterocycles. The van der Waals surface area contributed by atoms with Crippen molar-refractivity contribution in [2.45, 2.75) is 70.4 Å². The number of rotatable bonds is 10. The number of aromatic hydroxyl groups is 1. The zero-order chi connectivity index (χ0) is 26.3. The van der Waals surface area contributed by atoms with Crippen molar-refractivity contribution in [1.29, 1.82) is 0 Å². The number of aliphatic hydroxyl groups is 1. The number of fused-ring (bicyclic) bond motifs is 1. The predicted octanol–water partition coefficient (Wildman–Crippen LogP) is 5.47. The molecule has 1 unspecified atom stereocenters. The minimum Gasteiger partial charge on any atom is -0.506 e. The van der Waals surface area contributed by atoms with Gasteiger partial charge in [0.05, 0.1) is 18.2 Å². The number of pyridine rings is 1. The quantitative estimate of drug-likeness (QED) is 0.287. The van der Waals surface area contributed by atoms with Crippen molar-refractivity contribution < 1.29 is 14.9 Å². The summed E-state index contributed by atoms with van der Waals surface area (Å²) in [5, 5.41) is 25.0. The van der Waals surface area contributed by atoms with Crippen molar-refractivity contribution in [2.75, 3.05) is 13.2 Å². The molecule has 2 atom stereocenters. The zero-order valence-electron chi connectivity index (χ0n) is 22.3. The SMILES string of the molecule is CC(Cc1cccc(OCCC23CC4CC(CC(C4)C2)C3)c1)NC[C@H](O)c1ccc(O)c2[nH]c(=O)ccc12. The van der Waals surface area contributed by atoms with Gasteiger partial charge in [0.15, 0.2) is 0 Å². The van der Waals surface area contributed by atoms with E-state index >= 15 is 0 Å². The third-order valence-electron chi connectivity index (χ3n) is 9.43. The molecule has 202 valence electrons. The van der Waals surface area contributed by atoms with Gasteiger partial charge in [-0.25, -0.2) is 0 Å². The summed E-state index contributed by atoms with van der Waals surface area (Å²) in [6.07, 6.45) is 9.97. The fourth-order valence-corrected chi connectivity index (χ4v) is 8.14. The molecule has 4 fully saturated rings. The Bertz CT molecular complexity index is 1310. The average molecular weight is 517 g/mol. The van der Waals surface area contributed by atoms with Crippen LogP contribution in [0.5, 0.6) is 11.5 Å². The third-order valence-corrected chi connectivity index (χ3v) is 9.43. The molecular formula is C32H40N2O4. The van der Waals surface area contributed by atoms with E-state index in [9.17, 15) is 15.0 Å². The van der Waals surface area contributed by atoms with E-state index < -0.39 is 6.10 Å². The molecular weight excluding hydrogens is 476 g/mol. The first-order valence-corrected chi connectivity index (χ1v) is 14.3. The smallest absolute Gasteiger partial charge is 0.248 e. The van der Waals surface area contributed by atoms with Crippen molar-refractivity contribution >= 4 is 10.9 Å². The van der Waals surface area contributed by atoms with Crippen LogP contribution in [0.2, 0.25) is 0 Å². The second-order valence-corrected chi connectivity index (χ2v) is 12.5. The Hall–Kier alpha value is -2.83. The van der Waals surface area contributed by atoms with Crippen LogP contribution in [0.3, 0.4) is 0 Å². The van der Waals surface area contributed by atoms with Crippen molar-refractivity contribution in [3.8, 4) is 11.5 Å². The van der Waals surface area contributed by atoms with E-state index in [1.54, 1.807) is 12.1 Å². The number of benzene rings is 2. The molecule has 1 aromatic heterocycles. The Morgan fingerprint density at radius 3 is 2.53 bits per heavy atom. The van der Waals surface area contributed by atoms with Gasteiger partial charge in [-0.3, -0.25) is 4.79 Å². The predicted molar refractivity (Wildman–Crippen MR) is 150 cm³/mol. The molecule has 4 aliphatic rings. The van der Waals surface area contributed by atoms with E-state index in [0.29, 0.717) is 28.4 Å². The Morgan fingerprint density at radius 1 is 1.05 bits per heavy atom. The average Bonchev–Trinajstić information content (AvgIpc) is 2.87. The molecule has 1 heterocycles. The van der Waals surface area contributed by atoms with Crippen LogP contribution in [0.15, 0.2) is 53.3 Å². The van der Waals surface area contributed by atoms with Gasteiger partial charge in [0, 0.05) is 24.0 Å². The van der Waals surface area contributed by atoms with Crippen LogP contribution in [0.4, 0.5) is 0 Å². The second-order valence-electron chi connectivity index (χ2n) is 12.5. The van der Waals surface area contributed by atoms with Crippen molar-refractivity contribution in [3.05, 3.63) is 70.0 Å². The minimum absolute atomic E-state index is 0.00462. The van der Waals surface area contributed by atoms with E-state index in [1.807, 2.05) is 0 Å². The van der Waals surface area contributed by atoms with Crippen LogP contribution in [0.1, 0.15) is 69.1 Å². The number of hydrogen-bond donors (Lipinski definition) is 4. The van der Waals surface area contributed by atoms with E-state index in [0.717, 1.165) is 36.5 Å². The number of ether oxygens (including phenoxy) is 1. The van der Waals surface area contributed by atoms with Gasteiger partial charge in [-0.2, -0.15) is 0 Å². The number of aromatic nitrogens is 1. The highest BCUT2D eigenvalue weighted by Crippen LogP contribution is 2.61. The summed E-state index contributed by atoms with van der Waals surface area (Å²) < 4.78 is 6.28. The zero-order valence-corrected chi connectivity index (χ0v) is 22.3. The van der Waals surface area contributed by atoms with Crippen LogP contribution < -0.4 is 15.6 Å². The number of hydrogen-bond acceptors (Lipinski definition) is 5. The largest absolute Gasteiger partial charge is 0.506 e. The standard InChI is InChI=1S/C32H40N2O4/c1-20(33-19-29(36)26-5-7-28(35)31-27(26)6-8-30(37)34-31)11-21-3-2-4-25(15-21)38-10-9-32-16-22-12-23(17-32)14-24(13-22)18-32/h2-8,15,20,22-24,29,33,35-36H,9-14,16-19H2,1H3,(H,34,37)/t20?,22?,23?,24?,29-,32?/m0/s1. The van der Waals surface area contributed by atoms with Gasteiger partial charge in [0.25, 0.3) is 0 Å². The van der Waals surface area contributed by atoms with E-state index in [-0.39, 0.29) is 17.4 Å². The normalized spacial score (nSPS) is 27.5. The lowest BCUT2D eigenvalue weighted by atomic mass is 9.49. The first-order valence-electron chi connectivity index (χ1n) is 14.3. The van der Waals surface area contributed by atoms with Gasteiger partial charge in [-0.05, 0) is 117 Å². The van der Waals surface area contributed by atoms with Crippen LogP contribution in [-0.4, -0.2) is 34.4 Å². The van der Waals surface area contributed by atoms with E-state index in [1.165, 1.54) is 62.6 Å². The number of aromatic amines is 1. The number of aliphatic hydroxyl groups excluding tert-OH is 1. The third kappa shape index (κ3) is 5.34. The van der Waals surface area contributed by atoms with E-state index in [4.69, 9.17) is 4.74 Å². The molecule has 4 N–H and O–H groups in total. The highest BCUT2D eigenvalue weighted by atomic mass is 16.5. The maximum absolute atomic E-state index is 11.7. The molecule has 4 bridgehead atoms. The molecule has 3 aromatic rings. The monoisotopic (exact) mass is 516 g/mol. The van der Waals surface area contributed by atoms with Crippen LogP contribution in [0, 0.1) is 23.2 Å². The summed E-state index contributed by atoms with van der Waals surface area (Å²) in [5.74, 6) is 3.88. The summed E-state index contributed by atoms with van der Waals surface area (Å²) in [6.45, 7) is 3.28. The van der Waals surface area contributed by atoms with Gasteiger partial charge < -0.3 is 25.3 Å². The lowest BCUT2D eigenvalue weighted by molar-refractivity contribution is -0.0622. The summed E-state index contributed by atoms with van der Waals surface area (Å²) >= 11 is 0. The van der Waals surface area contributed by atoms with Crippen molar-refractivity contribution in [2.24, 2.45) is 23.2 Å². The van der Waals surface area contributed by atoms with Crippen LogP contribution in [0.25, 0.3) is 10.9 Å². The lowest BCUT2D eigenvalue weighted by Gasteiger charge is -2.57. The number of H-pyrrole nitrogens is 1. The molecule has 6 nitrogen and oxygen atoms in total. The second kappa shape index (κ2) is 10.4. The van der Waals surface area contributed by atoms with Gasteiger partial charge in [0.2, 0.25) is 5.56 Å². The Morgan fingerprint density at radius 2 is 1.79 bits per heavy atom. The van der Waals surface area contributed by atoms with E-state index in [2.05, 4.69) is 41.5 Å². The van der Waals surface area contributed by atoms with Crippen LogP contribution >= 0.6 is 0 Å². The molecule has 2 aromatic carbocycles. The van der Waals surface area contributed by atoms with Gasteiger partial charge in [-0.1, -0.05) is 18.2 Å². The number of phenolic OH excluding ortho intramolecular Hbond substituents is 1.